The van der Waals surface area contributed by atoms with E-state index in [-0.39, 0.29) is 11.2 Å². The van der Waals surface area contributed by atoms with Gasteiger partial charge in [0.15, 0.2) is 11.0 Å². The molecule has 0 aliphatic rings. The molecule has 0 spiro atoms. The molecule has 0 unspecified atom stereocenters. The maximum Gasteiger partial charge on any atom is 0.235 e. The van der Waals surface area contributed by atoms with Crippen LogP contribution < -0.4 is 4.74 Å². The fourth-order valence-electron chi connectivity index (χ4n) is 2.47. The van der Waals surface area contributed by atoms with Gasteiger partial charge in [-0.25, -0.2) is 0 Å². The van der Waals surface area contributed by atoms with Crippen molar-refractivity contribution in [3.63, 3.8) is 0 Å². The van der Waals surface area contributed by atoms with Crippen LogP contribution >= 0.6 is 11.8 Å². The second-order valence-corrected chi connectivity index (χ2v) is 7.17. The van der Waals surface area contributed by atoms with Crippen LogP contribution in [-0.2, 0) is 11.3 Å². The molecule has 0 saturated heterocycles. The predicted molar refractivity (Wildman–Crippen MR) is 105 cm³/mol. The van der Waals surface area contributed by atoms with E-state index >= 15 is 0 Å². The lowest BCUT2D eigenvalue weighted by molar-refractivity contribution is -0.128. The van der Waals surface area contributed by atoms with Crippen LogP contribution in [0.1, 0.15) is 13.3 Å². The minimum atomic E-state index is -0.342. The van der Waals surface area contributed by atoms with Crippen molar-refractivity contribution in [2.24, 2.45) is 0 Å². The average molecular weight is 385 g/mol. The van der Waals surface area contributed by atoms with Crippen molar-refractivity contribution in [3.05, 3.63) is 36.9 Å². The Kier molecular flexibility index (Phi) is 7.44. The highest BCUT2D eigenvalue weighted by Gasteiger charge is 2.22. The molecule has 1 aromatic heterocycles. The molecule has 142 valence electrons. The van der Waals surface area contributed by atoms with Gasteiger partial charge in [0.05, 0.1) is 24.8 Å². The quantitative estimate of drug-likeness (QED) is 0.487. The van der Waals surface area contributed by atoms with E-state index in [0.29, 0.717) is 30.5 Å². The van der Waals surface area contributed by atoms with Crippen molar-refractivity contribution in [1.82, 2.24) is 19.7 Å². The number of benzene rings is 1. The molecule has 2 rings (SSSR count). The summed E-state index contributed by atoms with van der Waals surface area (Å²) < 4.78 is 7.12. The molecular formula is C19H23N5O2S. The number of hydrogen-bond donors (Lipinski definition) is 0. The minimum absolute atomic E-state index is 0.0469. The normalized spacial score (nSPS) is 11.5. The number of carbonyl (C=O) groups is 1. The lowest BCUT2D eigenvalue weighted by atomic mass is 10.2. The van der Waals surface area contributed by atoms with Crippen molar-refractivity contribution in [3.8, 4) is 23.2 Å². The van der Waals surface area contributed by atoms with Crippen LogP contribution in [0.4, 0.5) is 0 Å². The Morgan fingerprint density at radius 1 is 1.44 bits per heavy atom. The molecule has 1 atom stereocenters. The van der Waals surface area contributed by atoms with E-state index in [1.165, 1.54) is 11.8 Å². The van der Waals surface area contributed by atoms with Gasteiger partial charge in [-0.2, -0.15) is 5.26 Å². The summed E-state index contributed by atoms with van der Waals surface area (Å²) in [6.07, 6.45) is 2.08. The number of aromatic nitrogens is 3. The molecule has 0 N–H and O–H groups in total. The SMILES string of the molecule is C=CCn1c(S[C@H](C)C(=O)N(C)CCC#N)nnc1-c1ccc(OC)cc1. The smallest absolute Gasteiger partial charge is 0.235 e. The van der Waals surface area contributed by atoms with Crippen molar-refractivity contribution in [2.45, 2.75) is 30.3 Å². The zero-order valence-corrected chi connectivity index (χ0v) is 16.6. The Bertz CT molecular complexity index is 826. The summed E-state index contributed by atoms with van der Waals surface area (Å²) in [5.74, 6) is 1.43. The molecule has 0 saturated carbocycles. The topological polar surface area (TPSA) is 84.0 Å². The van der Waals surface area contributed by atoms with E-state index in [9.17, 15) is 4.79 Å². The molecule has 0 fully saturated rings. The van der Waals surface area contributed by atoms with Gasteiger partial charge in [-0.05, 0) is 31.2 Å². The summed E-state index contributed by atoms with van der Waals surface area (Å²) in [6.45, 7) is 6.58. The maximum atomic E-state index is 12.5. The van der Waals surface area contributed by atoms with Crippen LogP contribution in [0.5, 0.6) is 5.75 Å². The number of carbonyl (C=O) groups excluding carboxylic acids is 1. The van der Waals surface area contributed by atoms with Gasteiger partial charge in [-0.1, -0.05) is 17.8 Å². The van der Waals surface area contributed by atoms with Gasteiger partial charge in [0, 0.05) is 25.7 Å². The largest absolute Gasteiger partial charge is 0.497 e. The van der Waals surface area contributed by atoms with E-state index in [1.807, 2.05) is 35.8 Å². The second-order valence-electron chi connectivity index (χ2n) is 5.86. The molecule has 0 radical (unpaired) electrons. The van der Waals surface area contributed by atoms with Crippen LogP contribution in [0, 0.1) is 11.3 Å². The number of amides is 1. The Hall–Kier alpha value is -2.79. The second kappa shape index (κ2) is 9.78. The van der Waals surface area contributed by atoms with E-state index in [1.54, 1.807) is 25.1 Å². The third-order valence-electron chi connectivity index (χ3n) is 3.94. The van der Waals surface area contributed by atoms with Crippen molar-refractivity contribution in [1.29, 1.82) is 5.26 Å². The average Bonchev–Trinajstić information content (AvgIpc) is 3.08. The molecular weight excluding hydrogens is 362 g/mol. The van der Waals surface area contributed by atoms with Crippen molar-refractivity contribution < 1.29 is 9.53 Å². The molecule has 7 nitrogen and oxygen atoms in total. The summed E-state index contributed by atoms with van der Waals surface area (Å²) >= 11 is 1.35. The van der Waals surface area contributed by atoms with Crippen molar-refractivity contribution >= 4 is 17.7 Å². The Balaban J connectivity index is 2.22. The summed E-state index contributed by atoms with van der Waals surface area (Å²) in [7, 11) is 3.32. The molecule has 0 aliphatic heterocycles. The monoisotopic (exact) mass is 385 g/mol. The number of allylic oxidation sites excluding steroid dienone is 1. The van der Waals surface area contributed by atoms with Gasteiger partial charge in [-0.3, -0.25) is 9.36 Å². The molecule has 8 heteroatoms. The van der Waals surface area contributed by atoms with Gasteiger partial charge in [-0.15, -0.1) is 16.8 Å². The number of rotatable bonds is 9. The van der Waals surface area contributed by atoms with Gasteiger partial charge in [0.1, 0.15) is 5.75 Å². The zero-order chi connectivity index (χ0) is 19.8. The van der Waals surface area contributed by atoms with Crippen LogP contribution in [0.3, 0.4) is 0 Å². The van der Waals surface area contributed by atoms with Crippen LogP contribution in [0.2, 0.25) is 0 Å². The number of nitriles is 1. The first-order valence-corrected chi connectivity index (χ1v) is 9.36. The van der Waals surface area contributed by atoms with Gasteiger partial charge in [0.2, 0.25) is 5.91 Å². The predicted octanol–water partition coefficient (Wildman–Crippen LogP) is 2.99. The third kappa shape index (κ3) is 5.11. The fraction of sp³-hybridized carbons (Fsp3) is 0.368. The minimum Gasteiger partial charge on any atom is -0.497 e. The number of ether oxygens (including phenoxy) is 1. The van der Waals surface area contributed by atoms with E-state index in [2.05, 4.69) is 22.8 Å². The molecule has 2 aromatic rings. The Morgan fingerprint density at radius 3 is 2.74 bits per heavy atom. The molecule has 0 bridgehead atoms. The fourth-order valence-corrected chi connectivity index (χ4v) is 3.44. The number of hydrogen-bond acceptors (Lipinski definition) is 6. The lowest BCUT2D eigenvalue weighted by Gasteiger charge is -2.19. The van der Waals surface area contributed by atoms with E-state index in [4.69, 9.17) is 10.00 Å². The Labute approximate surface area is 163 Å². The highest BCUT2D eigenvalue weighted by Crippen LogP contribution is 2.28. The summed E-state index contributed by atoms with van der Waals surface area (Å²) in [4.78, 5) is 14.0. The first kappa shape index (κ1) is 20.5. The molecule has 1 amide bonds. The first-order chi connectivity index (χ1) is 13.0. The summed E-state index contributed by atoms with van der Waals surface area (Å²) in [6, 6.07) is 9.62. The van der Waals surface area contributed by atoms with Gasteiger partial charge in [0.25, 0.3) is 0 Å². The molecule has 0 aliphatic carbocycles. The van der Waals surface area contributed by atoms with Crippen LogP contribution in [-0.4, -0.2) is 51.5 Å². The maximum absolute atomic E-state index is 12.5. The highest BCUT2D eigenvalue weighted by molar-refractivity contribution is 8.00. The van der Waals surface area contributed by atoms with Crippen molar-refractivity contribution in [2.75, 3.05) is 20.7 Å². The van der Waals surface area contributed by atoms with Crippen LogP contribution in [0.15, 0.2) is 42.1 Å². The van der Waals surface area contributed by atoms with E-state index < -0.39 is 0 Å². The lowest BCUT2D eigenvalue weighted by Crippen LogP contribution is -2.34. The standard InChI is InChI=1S/C19H23N5O2S/c1-5-12-24-17(15-7-9-16(26-4)10-8-15)21-22-19(24)27-14(2)18(25)23(3)13-6-11-20/h5,7-10,14H,1,6,12-13H2,2-4H3/t14-/m1/s1. The number of methoxy groups -OCH3 is 1. The molecule has 27 heavy (non-hydrogen) atoms. The van der Waals surface area contributed by atoms with Gasteiger partial charge < -0.3 is 9.64 Å². The zero-order valence-electron chi connectivity index (χ0n) is 15.8. The van der Waals surface area contributed by atoms with Crippen LogP contribution in [0.25, 0.3) is 11.4 Å². The summed E-state index contributed by atoms with van der Waals surface area (Å²) in [5, 5.41) is 17.6. The Morgan fingerprint density at radius 2 is 2.15 bits per heavy atom. The molecule has 1 aromatic carbocycles. The number of nitrogens with zero attached hydrogens (tertiary/aromatic N) is 5. The number of thioether (sulfide) groups is 1. The third-order valence-corrected chi connectivity index (χ3v) is 5.01. The summed E-state index contributed by atoms with van der Waals surface area (Å²) in [5.41, 5.74) is 0.905. The van der Waals surface area contributed by atoms with E-state index in [0.717, 1.165) is 11.3 Å². The first-order valence-electron chi connectivity index (χ1n) is 8.49. The molecule has 1 heterocycles. The van der Waals surface area contributed by atoms with Gasteiger partial charge >= 0.3 is 0 Å². The highest BCUT2D eigenvalue weighted by atomic mass is 32.2.